The molecule has 0 N–H and O–H groups in total. The Hall–Kier alpha value is -0.870. The summed E-state index contributed by atoms with van der Waals surface area (Å²) < 4.78 is 16.3. The number of carbonyl (C=O) groups is 1. The number of fused-ring (bicyclic) bond motifs is 2. The number of ether oxygens (including phenoxy) is 3. The van der Waals surface area contributed by atoms with E-state index in [2.05, 4.69) is 6.92 Å². The molecule has 114 valence electrons. The SMILES string of the molecule is CCCCCCCCCC(=O)O[C@H]1C=C[C@H]2CO[C@@H]1O2. The second kappa shape index (κ2) is 8.42. The zero-order valence-electron chi connectivity index (χ0n) is 12.4. The summed E-state index contributed by atoms with van der Waals surface area (Å²) in [5, 5.41) is 0. The topological polar surface area (TPSA) is 44.8 Å². The summed E-state index contributed by atoms with van der Waals surface area (Å²) in [7, 11) is 0. The van der Waals surface area contributed by atoms with Gasteiger partial charge < -0.3 is 14.2 Å². The van der Waals surface area contributed by atoms with Crippen LogP contribution in [0.5, 0.6) is 0 Å². The van der Waals surface area contributed by atoms with Crippen molar-refractivity contribution in [3.63, 3.8) is 0 Å². The van der Waals surface area contributed by atoms with Crippen LogP contribution in [0.4, 0.5) is 0 Å². The Kier molecular flexibility index (Phi) is 6.54. The maximum atomic E-state index is 11.8. The molecular weight excluding hydrogens is 256 g/mol. The molecule has 0 saturated carbocycles. The molecule has 2 heterocycles. The molecule has 4 heteroatoms. The Morgan fingerprint density at radius 2 is 1.90 bits per heavy atom. The largest absolute Gasteiger partial charge is 0.453 e. The van der Waals surface area contributed by atoms with Crippen molar-refractivity contribution in [3.8, 4) is 0 Å². The van der Waals surface area contributed by atoms with Gasteiger partial charge >= 0.3 is 5.97 Å². The van der Waals surface area contributed by atoms with Crippen LogP contribution in [0.15, 0.2) is 12.2 Å². The molecule has 1 fully saturated rings. The summed E-state index contributed by atoms with van der Waals surface area (Å²) in [6.45, 7) is 2.78. The molecule has 0 radical (unpaired) electrons. The van der Waals surface area contributed by atoms with E-state index in [4.69, 9.17) is 14.2 Å². The Morgan fingerprint density at radius 1 is 1.15 bits per heavy atom. The highest BCUT2D eigenvalue weighted by atomic mass is 16.7. The molecule has 4 nitrogen and oxygen atoms in total. The first-order valence-corrected chi connectivity index (χ1v) is 7.94. The van der Waals surface area contributed by atoms with Crippen LogP contribution in [0.3, 0.4) is 0 Å². The van der Waals surface area contributed by atoms with Gasteiger partial charge in [-0.1, -0.05) is 51.5 Å². The number of carbonyl (C=O) groups excluding carboxylic acids is 1. The van der Waals surface area contributed by atoms with E-state index in [1.54, 1.807) is 0 Å². The van der Waals surface area contributed by atoms with Crippen LogP contribution in [-0.2, 0) is 19.0 Å². The molecule has 3 atom stereocenters. The fourth-order valence-corrected chi connectivity index (χ4v) is 2.57. The third-order valence-electron chi connectivity index (χ3n) is 3.77. The van der Waals surface area contributed by atoms with E-state index in [9.17, 15) is 4.79 Å². The Bertz CT molecular complexity index is 326. The molecule has 0 aromatic rings. The van der Waals surface area contributed by atoms with Gasteiger partial charge in [-0.2, -0.15) is 0 Å². The smallest absolute Gasteiger partial charge is 0.306 e. The van der Waals surface area contributed by atoms with Gasteiger partial charge in [-0.25, -0.2) is 0 Å². The monoisotopic (exact) mass is 282 g/mol. The maximum absolute atomic E-state index is 11.8. The van der Waals surface area contributed by atoms with Gasteiger partial charge in [0.2, 0.25) is 0 Å². The summed E-state index contributed by atoms with van der Waals surface area (Å²) in [4.78, 5) is 11.8. The van der Waals surface area contributed by atoms with Crippen LogP contribution >= 0.6 is 0 Å². The van der Waals surface area contributed by atoms with Crippen LogP contribution < -0.4 is 0 Å². The second-order valence-corrected chi connectivity index (χ2v) is 5.59. The predicted octanol–water partition coefficient (Wildman–Crippen LogP) is 3.35. The van der Waals surface area contributed by atoms with E-state index >= 15 is 0 Å². The lowest BCUT2D eigenvalue weighted by atomic mass is 10.1. The van der Waals surface area contributed by atoms with Crippen LogP contribution in [0.1, 0.15) is 58.3 Å². The minimum atomic E-state index is -0.400. The average molecular weight is 282 g/mol. The van der Waals surface area contributed by atoms with Crippen LogP contribution in [0, 0.1) is 0 Å². The van der Waals surface area contributed by atoms with Crippen molar-refractivity contribution in [1.29, 1.82) is 0 Å². The van der Waals surface area contributed by atoms with Gasteiger partial charge in [-0.15, -0.1) is 0 Å². The number of esters is 1. The Morgan fingerprint density at radius 3 is 2.70 bits per heavy atom. The molecular formula is C16H26O4. The lowest BCUT2D eigenvalue weighted by molar-refractivity contribution is -0.170. The molecule has 20 heavy (non-hydrogen) atoms. The zero-order valence-corrected chi connectivity index (χ0v) is 12.4. The Labute approximate surface area is 121 Å². The molecule has 0 aliphatic carbocycles. The minimum Gasteiger partial charge on any atom is -0.453 e. The third-order valence-corrected chi connectivity index (χ3v) is 3.77. The van der Waals surface area contributed by atoms with Crippen molar-refractivity contribution in [1.82, 2.24) is 0 Å². The van der Waals surface area contributed by atoms with Crippen molar-refractivity contribution >= 4 is 5.97 Å². The average Bonchev–Trinajstić information content (AvgIpc) is 2.84. The first-order chi connectivity index (χ1) is 9.79. The van der Waals surface area contributed by atoms with Gasteiger partial charge in [0, 0.05) is 6.42 Å². The summed E-state index contributed by atoms with van der Waals surface area (Å²) in [6.07, 6.45) is 12.0. The van der Waals surface area contributed by atoms with E-state index in [1.165, 1.54) is 32.1 Å². The van der Waals surface area contributed by atoms with Crippen LogP contribution in [-0.4, -0.2) is 31.1 Å². The van der Waals surface area contributed by atoms with Gasteiger partial charge in [0.1, 0.15) is 6.10 Å². The van der Waals surface area contributed by atoms with Crippen molar-refractivity contribution < 1.29 is 19.0 Å². The maximum Gasteiger partial charge on any atom is 0.306 e. The molecule has 2 aliphatic heterocycles. The highest BCUT2D eigenvalue weighted by Crippen LogP contribution is 2.24. The molecule has 0 unspecified atom stereocenters. The number of hydrogen-bond donors (Lipinski definition) is 0. The molecule has 0 aromatic carbocycles. The summed E-state index contributed by atoms with van der Waals surface area (Å²) in [6, 6.07) is 0. The fourth-order valence-electron chi connectivity index (χ4n) is 2.57. The zero-order chi connectivity index (χ0) is 14.2. The second-order valence-electron chi connectivity index (χ2n) is 5.59. The van der Waals surface area contributed by atoms with Gasteiger partial charge in [0.05, 0.1) is 6.61 Å². The van der Waals surface area contributed by atoms with Crippen molar-refractivity contribution in [3.05, 3.63) is 12.2 Å². The number of rotatable bonds is 9. The van der Waals surface area contributed by atoms with E-state index in [1.807, 2.05) is 12.2 Å². The highest BCUT2D eigenvalue weighted by molar-refractivity contribution is 5.69. The molecule has 0 amide bonds. The lowest BCUT2D eigenvalue weighted by Crippen LogP contribution is -2.33. The molecule has 2 rings (SSSR count). The molecule has 0 aromatic heterocycles. The van der Waals surface area contributed by atoms with E-state index in [0.29, 0.717) is 13.0 Å². The number of unbranched alkanes of at least 4 members (excludes halogenated alkanes) is 6. The third kappa shape index (κ3) is 4.91. The lowest BCUT2D eigenvalue weighted by Gasteiger charge is -2.22. The minimum absolute atomic E-state index is 0.0399. The highest BCUT2D eigenvalue weighted by Gasteiger charge is 2.36. The van der Waals surface area contributed by atoms with E-state index in [0.717, 1.165) is 12.8 Å². The fraction of sp³-hybridized carbons (Fsp3) is 0.812. The van der Waals surface area contributed by atoms with Crippen molar-refractivity contribution in [2.45, 2.75) is 76.8 Å². The standard InChI is InChI=1S/C16H26O4/c1-2-3-4-5-6-7-8-9-15(17)20-14-11-10-13-12-18-16(14)19-13/h10-11,13-14,16H,2-9,12H2,1H3/t13-,14-,16+/m0/s1. The molecule has 2 aliphatic rings. The molecule has 2 bridgehead atoms. The first-order valence-electron chi connectivity index (χ1n) is 7.94. The van der Waals surface area contributed by atoms with Crippen molar-refractivity contribution in [2.24, 2.45) is 0 Å². The molecule has 0 spiro atoms. The summed E-state index contributed by atoms with van der Waals surface area (Å²) in [5.41, 5.74) is 0. The predicted molar refractivity (Wildman–Crippen MR) is 76.2 cm³/mol. The quantitative estimate of drug-likeness (QED) is 0.369. The van der Waals surface area contributed by atoms with Gasteiger partial charge in [-0.3, -0.25) is 4.79 Å². The van der Waals surface area contributed by atoms with E-state index in [-0.39, 0.29) is 18.2 Å². The number of hydrogen-bond acceptors (Lipinski definition) is 4. The Balaban J connectivity index is 1.52. The van der Waals surface area contributed by atoms with Crippen LogP contribution in [0.25, 0.3) is 0 Å². The van der Waals surface area contributed by atoms with Crippen LogP contribution in [0.2, 0.25) is 0 Å². The normalized spacial score (nSPS) is 27.8. The van der Waals surface area contributed by atoms with Gasteiger partial charge in [0.25, 0.3) is 0 Å². The van der Waals surface area contributed by atoms with Crippen molar-refractivity contribution in [2.75, 3.05) is 6.61 Å². The van der Waals surface area contributed by atoms with Gasteiger partial charge in [-0.05, 0) is 12.5 Å². The summed E-state index contributed by atoms with van der Waals surface area (Å²) >= 11 is 0. The molecule has 1 saturated heterocycles. The summed E-state index contributed by atoms with van der Waals surface area (Å²) in [5.74, 6) is -0.147. The van der Waals surface area contributed by atoms with E-state index < -0.39 is 6.29 Å². The first kappa shape index (κ1) is 15.5. The van der Waals surface area contributed by atoms with Gasteiger partial charge in [0.15, 0.2) is 12.4 Å².